The third kappa shape index (κ3) is 4.92. The van der Waals surface area contributed by atoms with Crippen LogP contribution in [0.3, 0.4) is 0 Å². The minimum atomic E-state index is -0.219. The van der Waals surface area contributed by atoms with Crippen LogP contribution in [0.5, 0.6) is 11.5 Å². The topological polar surface area (TPSA) is 128 Å². The molecule has 10 nitrogen and oxygen atoms in total. The number of aromatic nitrogens is 3. The van der Waals surface area contributed by atoms with Crippen LogP contribution in [-0.4, -0.2) is 57.7 Å². The van der Waals surface area contributed by atoms with Gasteiger partial charge in [-0.05, 0) is 35.9 Å². The maximum atomic E-state index is 9.58. The van der Waals surface area contributed by atoms with Crippen molar-refractivity contribution < 1.29 is 14.9 Å². The molecule has 3 aromatic rings. The molecular weight excluding hydrogens is 386 g/mol. The molecule has 4 N–H and O–H groups in total. The number of morpholine rings is 1. The number of para-hydroxylation sites is 1. The standard InChI is InChI=1S/C20H21N7O3/c28-16-7-6-14(12-17(16)29)13-21-26-19-23-18(22-15-4-2-1-3-5-15)24-20(25-19)27-8-10-30-11-9-27/h1-7,12-13,28-29H,8-11H2,(H2,22,23,24,25,26). The number of phenols is 2. The molecule has 4 rings (SSSR count). The highest BCUT2D eigenvalue weighted by Crippen LogP contribution is 2.24. The van der Waals surface area contributed by atoms with Crippen LogP contribution in [0.1, 0.15) is 5.56 Å². The van der Waals surface area contributed by atoms with Crippen LogP contribution in [0.2, 0.25) is 0 Å². The summed E-state index contributed by atoms with van der Waals surface area (Å²) in [4.78, 5) is 15.4. The molecule has 0 atom stereocenters. The van der Waals surface area contributed by atoms with Gasteiger partial charge in [-0.3, -0.25) is 0 Å². The maximum absolute atomic E-state index is 9.58. The Hall–Kier alpha value is -3.92. The molecule has 154 valence electrons. The average molecular weight is 407 g/mol. The SMILES string of the molecule is Oc1ccc(C=NNc2nc(Nc3ccccc3)nc(N3CCOCC3)n2)cc1O. The number of hydrogen-bond donors (Lipinski definition) is 4. The molecule has 2 heterocycles. The molecule has 1 aliphatic heterocycles. The Bertz CT molecular complexity index is 1020. The fraction of sp³-hybridized carbons (Fsp3) is 0.200. The molecular formula is C20H21N7O3. The summed E-state index contributed by atoms with van der Waals surface area (Å²) in [5, 5.41) is 26.3. The number of benzene rings is 2. The smallest absolute Gasteiger partial charge is 0.250 e. The van der Waals surface area contributed by atoms with Gasteiger partial charge >= 0.3 is 0 Å². The molecule has 0 unspecified atom stereocenters. The summed E-state index contributed by atoms with van der Waals surface area (Å²) >= 11 is 0. The van der Waals surface area contributed by atoms with Crippen LogP contribution in [0.25, 0.3) is 0 Å². The van der Waals surface area contributed by atoms with Gasteiger partial charge in [0.15, 0.2) is 11.5 Å². The number of nitrogens with zero attached hydrogens (tertiary/aromatic N) is 5. The monoisotopic (exact) mass is 407 g/mol. The highest BCUT2D eigenvalue weighted by Gasteiger charge is 2.16. The predicted molar refractivity (Wildman–Crippen MR) is 114 cm³/mol. The Balaban J connectivity index is 1.56. The Kier molecular flexibility index (Phi) is 5.85. The van der Waals surface area contributed by atoms with Gasteiger partial charge in [-0.25, -0.2) is 5.43 Å². The van der Waals surface area contributed by atoms with E-state index in [2.05, 4.69) is 30.8 Å². The van der Waals surface area contributed by atoms with Crippen LogP contribution in [0.15, 0.2) is 53.6 Å². The molecule has 2 aromatic carbocycles. The summed E-state index contributed by atoms with van der Waals surface area (Å²) < 4.78 is 5.40. The zero-order valence-electron chi connectivity index (χ0n) is 16.1. The van der Waals surface area contributed by atoms with Crippen molar-refractivity contribution in [2.75, 3.05) is 41.9 Å². The first-order valence-corrected chi connectivity index (χ1v) is 9.39. The number of phenolic OH excluding ortho intramolecular Hbond substituents is 2. The van der Waals surface area contributed by atoms with Crippen molar-refractivity contribution in [2.24, 2.45) is 5.10 Å². The Morgan fingerprint density at radius 2 is 1.70 bits per heavy atom. The molecule has 30 heavy (non-hydrogen) atoms. The van der Waals surface area contributed by atoms with E-state index in [1.54, 1.807) is 6.07 Å². The third-order valence-corrected chi connectivity index (χ3v) is 4.33. The van der Waals surface area contributed by atoms with Gasteiger partial charge in [0.1, 0.15) is 0 Å². The van der Waals surface area contributed by atoms with Gasteiger partial charge in [0, 0.05) is 18.8 Å². The molecule has 0 radical (unpaired) electrons. The Labute approximate surface area is 172 Å². The summed E-state index contributed by atoms with van der Waals surface area (Å²) in [6, 6.07) is 14.0. The fourth-order valence-corrected chi connectivity index (χ4v) is 2.81. The first-order valence-electron chi connectivity index (χ1n) is 9.39. The minimum Gasteiger partial charge on any atom is -0.504 e. The summed E-state index contributed by atoms with van der Waals surface area (Å²) in [6.07, 6.45) is 1.49. The zero-order valence-corrected chi connectivity index (χ0v) is 16.1. The molecule has 0 amide bonds. The number of nitrogens with one attached hydrogen (secondary N) is 2. The second-order valence-electron chi connectivity index (χ2n) is 6.49. The van der Waals surface area contributed by atoms with Crippen molar-refractivity contribution in [2.45, 2.75) is 0 Å². The summed E-state index contributed by atoms with van der Waals surface area (Å²) in [7, 11) is 0. The van der Waals surface area contributed by atoms with E-state index < -0.39 is 0 Å². The van der Waals surface area contributed by atoms with Gasteiger partial charge < -0.3 is 25.2 Å². The van der Waals surface area contributed by atoms with Crippen molar-refractivity contribution in [1.29, 1.82) is 0 Å². The van der Waals surface area contributed by atoms with E-state index in [9.17, 15) is 10.2 Å². The number of ether oxygens (including phenoxy) is 1. The van der Waals surface area contributed by atoms with Crippen LogP contribution >= 0.6 is 0 Å². The highest BCUT2D eigenvalue weighted by atomic mass is 16.5. The first kappa shape index (κ1) is 19.4. The van der Waals surface area contributed by atoms with Crippen LogP contribution in [-0.2, 0) is 4.74 Å². The van der Waals surface area contributed by atoms with Gasteiger partial charge in [-0.15, -0.1) is 0 Å². The Morgan fingerprint density at radius 1 is 0.933 bits per heavy atom. The lowest BCUT2D eigenvalue weighted by Gasteiger charge is -2.27. The molecule has 0 saturated carbocycles. The van der Waals surface area contributed by atoms with E-state index in [0.717, 1.165) is 5.69 Å². The van der Waals surface area contributed by atoms with Gasteiger partial charge in [-0.2, -0.15) is 20.1 Å². The van der Waals surface area contributed by atoms with Gasteiger partial charge in [-0.1, -0.05) is 18.2 Å². The second-order valence-corrected chi connectivity index (χ2v) is 6.49. The lowest BCUT2D eigenvalue weighted by atomic mass is 10.2. The summed E-state index contributed by atoms with van der Waals surface area (Å²) in [5.74, 6) is 0.765. The van der Waals surface area contributed by atoms with E-state index in [1.165, 1.54) is 18.3 Å². The van der Waals surface area contributed by atoms with Crippen LogP contribution in [0, 0.1) is 0 Å². The van der Waals surface area contributed by atoms with Gasteiger partial charge in [0.2, 0.25) is 17.8 Å². The lowest BCUT2D eigenvalue weighted by molar-refractivity contribution is 0.122. The number of rotatable bonds is 6. The summed E-state index contributed by atoms with van der Waals surface area (Å²) in [5.41, 5.74) is 4.25. The third-order valence-electron chi connectivity index (χ3n) is 4.33. The largest absolute Gasteiger partial charge is 0.504 e. The van der Waals surface area contributed by atoms with Crippen molar-refractivity contribution in [3.05, 3.63) is 54.1 Å². The van der Waals surface area contributed by atoms with E-state index >= 15 is 0 Å². The number of aromatic hydroxyl groups is 2. The quantitative estimate of drug-likeness (QED) is 0.276. The van der Waals surface area contributed by atoms with E-state index in [-0.39, 0.29) is 17.4 Å². The van der Waals surface area contributed by atoms with Gasteiger partial charge in [0.25, 0.3) is 0 Å². The first-order chi connectivity index (χ1) is 14.7. The molecule has 0 spiro atoms. The number of hydrogen-bond acceptors (Lipinski definition) is 10. The molecule has 1 saturated heterocycles. The molecule has 0 bridgehead atoms. The fourth-order valence-electron chi connectivity index (χ4n) is 2.81. The van der Waals surface area contributed by atoms with Crippen molar-refractivity contribution >= 4 is 29.7 Å². The molecule has 1 aliphatic rings. The van der Waals surface area contributed by atoms with Crippen LogP contribution < -0.4 is 15.6 Å². The highest BCUT2D eigenvalue weighted by molar-refractivity contribution is 5.81. The normalized spacial score (nSPS) is 14.1. The summed E-state index contributed by atoms with van der Waals surface area (Å²) in [6.45, 7) is 2.59. The van der Waals surface area contributed by atoms with Gasteiger partial charge in [0.05, 0.1) is 19.4 Å². The lowest BCUT2D eigenvalue weighted by Crippen LogP contribution is -2.37. The van der Waals surface area contributed by atoms with E-state index in [0.29, 0.717) is 43.8 Å². The molecule has 0 aliphatic carbocycles. The number of anilines is 4. The number of hydrazone groups is 1. The second kappa shape index (κ2) is 9.05. The van der Waals surface area contributed by atoms with Crippen molar-refractivity contribution in [1.82, 2.24) is 15.0 Å². The molecule has 10 heteroatoms. The van der Waals surface area contributed by atoms with E-state index in [4.69, 9.17) is 4.74 Å². The van der Waals surface area contributed by atoms with Crippen molar-refractivity contribution in [3.8, 4) is 11.5 Å². The molecule has 1 aromatic heterocycles. The Morgan fingerprint density at radius 3 is 2.47 bits per heavy atom. The zero-order chi connectivity index (χ0) is 20.8. The van der Waals surface area contributed by atoms with E-state index in [1.807, 2.05) is 35.2 Å². The van der Waals surface area contributed by atoms with Crippen molar-refractivity contribution in [3.63, 3.8) is 0 Å². The maximum Gasteiger partial charge on any atom is 0.250 e. The molecule has 1 fully saturated rings. The average Bonchev–Trinajstić information content (AvgIpc) is 2.77. The van der Waals surface area contributed by atoms with Crippen LogP contribution in [0.4, 0.5) is 23.5 Å². The predicted octanol–water partition coefficient (Wildman–Crippen LogP) is 2.31. The minimum absolute atomic E-state index is 0.190.